The second-order valence-electron chi connectivity index (χ2n) is 11.8. The number of aromatic nitrogens is 5. The number of likely N-dealkylation sites (N-methyl/N-ethyl adjacent to an activating group) is 1. The first-order chi connectivity index (χ1) is 21.7. The Balaban J connectivity index is 1.14. The number of fused-ring (bicyclic) bond motifs is 2. The van der Waals surface area contributed by atoms with Gasteiger partial charge in [0.15, 0.2) is 5.65 Å². The molecule has 5 heterocycles. The number of nitrogen functional groups attached to an aromatic ring is 1. The molecule has 45 heavy (non-hydrogen) atoms. The molecule has 4 N–H and O–H groups in total. The number of amides is 2. The zero-order valence-electron chi connectivity index (χ0n) is 24.7. The molecule has 11 nitrogen and oxygen atoms in total. The molecular formula is C31H33F3N10O. The molecule has 7 rings (SSSR count). The van der Waals surface area contributed by atoms with E-state index in [2.05, 4.69) is 35.1 Å². The summed E-state index contributed by atoms with van der Waals surface area (Å²) in [6, 6.07) is 7.13. The highest BCUT2D eigenvalue weighted by molar-refractivity contribution is 6.03. The van der Waals surface area contributed by atoms with E-state index < -0.39 is 17.8 Å². The number of carbonyl (C=O) groups excluding carboxylic acids is 1. The lowest BCUT2D eigenvalue weighted by molar-refractivity contribution is -0.138. The van der Waals surface area contributed by atoms with E-state index in [4.69, 9.17) is 5.73 Å². The monoisotopic (exact) mass is 618 g/mol. The molecular weight excluding hydrogens is 585 g/mol. The molecule has 1 aliphatic carbocycles. The zero-order chi connectivity index (χ0) is 31.3. The molecule has 0 unspecified atom stereocenters. The van der Waals surface area contributed by atoms with Gasteiger partial charge < -0.3 is 25.8 Å². The Morgan fingerprint density at radius 2 is 1.82 bits per heavy atom. The van der Waals surface area contributed by atoms with Gasteiger partial charge in [0.2, 0.25) is 0 Å². The highest BCUT2D eigenvalue weighted by Gasteiger charge is 2.34. The molecule has 0 spiro atoms. The number of carbonyl (C=O) groups is 1. The van der Waals surface area contributed by atoms with Crippen molar-refractivity contribution < 1.29 is 18.0 Å². The molecule has 0 atom stereocenters. The van der Waals surface area contributed by atoms with Gasteiger partial charge in [-0.05, 0) is 56.1 Å². The van der Waals surface area contributed by atoms with Gasteiger partial charge in [0.05, 0.1) is 22.3 Å². The number of halogens is 3. The summed E-state index contributed by atoms with van der Waals surface area (Å²) in [5, 5.41) is 6.05. The topological polar surface area (TPSA) is 122 Å². The van der Waals surface area contributed by atoms with E-state index in [1.807, 2.05) is 28.6 Å². The van der Waals surface area contributed by atoms with Crippen molar-refractivity contribution in [3.8, 4) is 11.3 Å². The van der Waals surface area contributed by atoms with Gasteiger partial charge >= 0.3 is 12.2 Å². The maximum atomic E-state index is 14.1. The maximum Gasteiger partial charge on any atom is 0.416 e. The van der Waals surface area contributed by atoms with Crippen molar-refractivity contribution in [2.45, 2.75) is 38.0 Å². The Morgan fingerprint density at radius 3 is 2.56 bits per heavy atom. The van der Waals surface area contributed by atoms with Crippen molar-refractivity contribution in [2.75, 3.05) is 49.6 Å². The molecule has 234 valence electrons. The Hall–Kier alpha value is -4.69. The SMILES string of the molecule is CN1CCN(Cc2ccc(NC(=O)Nc3ccc(-c4cn(C5CCC5)c5ncnc(N)c45)n4ccnc34)cc2C(F)(F)F)CC1. The predicted octanol–water partition coefficient (Wildman–Crippen LogP) is 5.46. The molecule has 2 amide bonds. The van der Waals surface area contributed by atoms with E-state index in [-0.39, 0.29) is 17.8 Å². The first kappa shape index (κ1) is 29.0. The lowest BCUT2D eigenvalue weighted by atomic mass is 9.93. The number of alkyl halides is 3. The first-order valence-corrected chi connectivity index (χ1v) is 14.9. The molecule has 1 saturated carbocycles. The van der Waals surface area contributed by atoms with E-state index >= 15 is 0 Å². The van der Waals surface area contributed by atoms with E-state index in [0.717, 1.165) is 60.7 Å². The number of urea groups is 1. The van der Waals surface area contributed by atoms with Crippen LogP contribution in [-0.4, -0.2) is 73.0 Å². The van der Waals surface area contributed by atoms with Crippen LogP contribution in [0.15, 0.2) is 55.2 Å². The van der Waals surface area contributed by atoms with Crippen LogP contribution in [0, 0.1) is 0 Å². The Kier molecular flexibility index (Phi) is 7.32. The van der Waals surface area contributed by atoms with Crippen LogP contribution >= 0.6 is 0 Å². The Morgan fingerprint density at radius 1 is 1.02 bits per heavy atom. The number of hydrogen-bond acceptors (Lipinski definition) is 7. The minimum atomic E-state index is -4.57. The number of nitrogens with one attached hydrogen (secondary N) is 2. The molecule has 14 heteroatoms. The molecule has 0 radical (unpaired) electrons. The fourth-order valence-corrected chi connectivity index (χ4v) is 6.16. The van der Waals surface area contributed by atoms with Gasteiger partial charge in [-0.15, -0.1) is 0 Å². The minimum absolute atomic E-state index is 0.0391. The standard InChI is InChI=1S/C31H33F3N10O/c1-41-11-13-42(14-12-41)16-19-5-6-20(15-23(19)31(32,33)34)39-30(45)40-24-7-8-25(43-10-9-36-28(24)43)22-17-44(21-3-2-4-21)29-26(22)27(35)37-18-38-29/h5-10,15,17-18,21H,2-4,11-14,16H2,1H3,(H2,35,37,38)(H2,39,40,45). The van der Waals surface area contributed by atoms with E-state index in [1.54, 1.807) is 18.5 Å². The van der Waals surface area contributed by atoms with E-state index in [1.165, 1.54) is 18.5 Å². The molecule has 1 aromatic carbocycles. The molecule has 1 saturated heterocycles. The number of nitrogens with zero attached hydrogens (tertiary/aromatic N) is 7. The van der Waals surface area contributed by atoms with Crippen LogP contribution in [0.25, 0.3) is 27.9 Å². The lowest BCUT2D eigenvalue weighted by Gasteiger charge is -2.33. The summed E-state index contributed by atoms with van der Waals surface area (Å²) in [7, 11) is 2.00. The van der Waals surface area contributed by atoms with Gasteiger partial charge in [0.25, 0.3) is 0 Å². The highest BCUT2D eigenvalue weighted by atomic mass is 19.4. The van der Waals surface area contributed by atoms with Gasteiger partial charge in [-0.25, -0.2) is 19.7 Å². The first-order valence-electron chi connectivity index (χ1n) is 14.9. The van der Waals surface area contributed by atoms with Gasteiger partial charge in [0.1, 0.15) is 17.8 Å². The van der Waals surface area contributed by atoms with Crippen molar-refractivity contribution in [1.29, 1.82) is 0 Å². The summed E-state index contributed by atoms with van der Waals surface area (Å²) in [5.41, 5.74) is 9.01. The van der Waals surface area contributed by atoms with Crippen LogP contribution in [0.1, 0.15) is 36.4 Å². The van der Waals surface area contributed by atoms with Crippen molar-refractivity contribution in [1.82, 2.24) is 33.7 Å². The summed E-state index contributed by atoms with van der Waals surface area (Å²) < 4.78 is 46.1. The van der Waals surface area contributed by atoms with Gasteiger partial charge in [-0.3, -0.25) is 9.30 Å². The van der Waals surface area contributed by atoms with Crippen LogP contribution in [0.2, 0.25) is 0 Å². The smallest absolute Gasteiger partial charge is 0.383 e. The molecule has 5 aromatic rings. The minimum Gasteiger partial charge on any atom is -0.383 e. The fourth-order valence-electron chi connectivity index (χ4n) is 6.16. The second-order valence-corrected chi connectivity index (χ2v) is 11.8. The average molecular weight is 619 g/mol. The lowest BCUT2D eigenvalue weighted by Crippen LogP contribution is -2.44. The van der Waals surface area contributed by atoms with Crippen LogP contribution in [0.4, 0.5) is 35.2 Å². The largest absolute Gasteiger partial charge is 0.416 e. The van der Waals surface area contributed by atoms with Crippen LogP contribution in [-0.2, 0) is 12.7 Å². The molecule has 0 bridgehead atoms. The van der Waals surface area contributed by atoms with E-state index in [9.17, 15) is 18.0 Å². The second kappa shape index (κ2) is 11.3. The zero-order valence-corrected chi connectivity index (χ0v) is 24.7. The van der Waals surface area contributed by atoms with Gasteiger partial charge in [0, 0.05) is 68.6 Å². The number of nitrogens with two attached hydrogens (primary N) is 1. The summed E-state index contributed by atoms with van der Waals surface area (Å²) in [5.74, 6) is 0.371. The number of hydrogen-bond donors (Lipinski definition) is 3. The Labute approximate surface area is 256 Å². The molecule has 4 aromatic heterocycles. The maximum absolute atomic E-state index is 14.1. The highest BCUT2D eigenvalue weighted by Crippen LogP contribution is 2.40. The van der Waals surface area contributed by atoms with Crippen LogP contribution < -0.4 is 16.4 Å². The summed E-state index contributed by atoms with van der Waals surface area (Å²) in [4.78, 5) is 30.4. The van der Waals surface area contributed by atoms with Crippen LogP contribution in [0.5, 0.6) is 0 Å². The van der Waals surface area contributed by atoms with Crippen molar-refractivity contribution in [3.63, 3.8) is 0 Å². The number of pyridine rings is 1. The summed E-state index contributed by atoms with van der Waals surface area (Å²) in [6.07, 6.45) is 5.62. The number of imidazole rings is 1. The summed E-state index contributed by atoms with van der Waals surface area (Å²) >= 11 is 0. The van der Waals surface area contributed by atoms with Gasteiger partial charge in [-0.1, -0.05) is 6.07 Å². The van der Waals surface area contributed by atoms with Crippen molar-refractivity contribution in [2.24, 2.45) is 0 Å². The number of rotatable bonds is 6. The van der Waals surface area contributed by atoms with Crippen LogP contribution in [0.3, 0.4) is 0 Å². The quantitative estimate of drug-likeness (QED) is 0.231. The van der Waals surface area contributed by atoms with E-state index in [0.29, 0.717) is 36.3 Å². The van der Waals surface area contributed by atoms with Gasteiger partial charge in [-0.2, -0.15) is 13.2 Å². The predicted molar refractivity (Wildman–Crippen MR) is 166 cm³/mol. The molecule has 1 aliphatic heterocycles. The Bertz CT molecular complexity index is 1890. The number of piperazine rings is 1. The molecule has 2 aliphatic rings. The normalized spacial score (nSPS) is 16.7. The van der Waals surface area contributed by atoms with Crippen molar-refractivity contribution >= 4 is 39.9 Å². The third kappa shape index (κ3) is 5.55. The third-order valence-electron chi connectivity index (χ3n) is 8.84. The fraction of sp³-hybridized carbons (Fsp3) is 0.355. The average Bonchev–Trinajstić information content (AvgIpc) is 3.61. The third-order valence-corrected chi connectivity index (χ3v) is 8.84. The number of benzene rings is 1. The number of anilines is 3. The van der Waals surface area contributed by atoms with Crippen molar-refractivity contribution in [3.05, 3.63) is 66.4 Å². The molecule has 2 fully saturated rings. The summed E-state index contributed by atoms with van der Waals surface area (Å²) in [6.45, 7) is 3.19.